The Balaban J connectivity index is 2.20. The number of unbranched alkanes of at least 4 members (excludes halogenated alkanes) is 8. The van der Waals surface area contributed by atoms with Gasteiger partial charge in [0.05, 0.1) is 13.2 Å². The van der Waals surface area contributed by atoms with E-state index in [2.05, 4.69) is 13.8 Å². The molecule has 1 aliphatic rings. The SMILES string of the molecule is CCCCCCCCC1(CCCCCC)OCCCO1. The predicted molar refractivity (Wildman–Crippen MR) is 86.0 cm³/mol. The molecule has 0 aromatic rings. The van der Waals surface area contributed by atoms with Crippen LogP contribution in [0.1, 0.15) is 97.3 Å². The Morgan fingerprint density at radius 3 is 1.65 bits per heavy atom. The first-order chi connectivity index (χ1) is 9.83. The molecule has 0 spiro atoms. The lowest BCUT2D eigenvalue weighted by atomic mass is 9.98. The summed E-state index contributed by atoms with van der Waals surface area (Å²) in [7, 11) is 0. The van der Waals surface area contributed by atoms with Crippen molar-refractivity contribution in [1.82, 2.24) is 0 Å². The molecule has 0 aromatic carbocycles. The standard InChI is InChI=1S/C18H36O2/c1-3-5-7-9-10-12-15-18(14-11-8-6-4-2)19-16-13-17-20-18/h3-17H2,1-2H3. The van der Waals surface area contributed by atoms with Crippen LogP contribution in [-0.2, 0) is 9.47 Å². The van der Waals surface area contributed by atoms with Crippen molar-refractivity contribution in [3.63, 3.8) is 0 Å². The van der Waals surface area contributed by atoms with Crippen LogP contribution in [-0.4, -0.2) is 19.0 Å². The number of ether oxygens (including phenoxy) is 2. The van der Waals surface area contributed by atoms with Gasteiger partial charge in [0.1, 0.15) is 0 Å². The summed E-state index contributed by atoms with van der Waals surface area (Å²) in [6, 6.07) is 0. The van der Waals surface area contributed by atoms with Crippen molar-refractivity contribution in [2.24, 2.45) is 0 Å². The second kappa shape index (κ2) is 11.6. The number of rotatable bonds is 12. The quantitative estimate of drug-likeness (QED) is 0.419. The maximum Gasteiger partial charge on any atom is 0.168 e. The van der Waals surface area contributed by atoms with Crippen molar-refractivity contribution in [3.8, 4) is 0 Å². The van der Waals surface area contributed by atoms with Crippen LogP contribution in [0, 0.1) is 0 Å². The van der Waals surface area contributed by atoms with Gasteiger partial charge in [0.2, 0.25) is 0 Å². The van der Waals surface area contributed by atoms with E-state index in [1.165, 1.54) is 64.2 Å². The summed E-state index contributed by atoms with van der Waals surface area (Å²) < 4.78 is 12.1. The maximum absolute atomic E-state index is 6.05. The highest BCUT2D eigenvalue weighted by molar-refractivity contribution is 4.73. The van der Waals surface area contributed by atoms with Crippen LogP contribution < -0.4 is 0 Å². The predicted octanol–water partition coefficient (Wildman–Crippen LogP) is 5.84. The molecule has 1 saturated heterocycles. The van der Waals surface area contributed by atoms with Gasteiger partial charge in [0.15, 0.2) is 5.79 Å². The first-order valence-electron chi connectivity index (χ1n) is 9.11. The van der Waals surface area contributed by atoms with E-state index in [1.54, 1.807) is 0 Å². The second-order valence-electron chi connectivity index (χ2n) is 6.29. The van der Waals surface area contributed by atoms with Crippen molar-refractivity contribution in [2.75, 3.05) is 13.2 Å². The van der Waals surface area contributed by atoms with Gasteiger partial charge in [-0.15, -0.1) is 0 Å². The Morgan fingerprint density at radius 2 is 1.10 bits per heavy atom. The summed E-state index contributed by atoms with van der Waals surface area (Å²) in [6.45, 7) is 6.32. The minimum absolute atomic E-state index is 0.225. The average molecular weight is 284 g/mol. The third-order valence-electron chi connectivity index (χ3n) is 4.34. The van der Waals surface area contributed by atoms with E-state index in [0.717, 1.165) is 32.5 Å². The van der Waals surface area contributed by atoms with E-state index < -0.39 is 0 Å². The zero-order valence-corrected chi connectivity index (χ0v) is 13.9. The Morgan fingerprint density at radius 1 is 0.650 bits per heavy atom. The molecular weight excluding hydrogens is 248 g/mol. The highest BCUT2D eigenvalue weighted by atomic mass is 16.7. The van der Waals surface area contributed by atoms with Crippen LogP contribution in [0.25, 0.3) is 0 Å². The first-order valence-corrected chi connectivity index (χ1v) is 9.11. The molecule has 0 radical (unpaired) electrons. The molecule has 2 heteroatoms. The minimum Gasteiger partial charge on any atom is -0.350 e. The smallest absolute Gasteiger partial charge is 0.168 e. The second-order valence-corrected chi connectivity index (χ2v) is 6.29. The summed E-state index contributed by atoms with van der Waals surface area (Å²) in [6.07, 6.45) is 16.6. The molecule has 0 saturated carbocycles. The lowest BCUT2D eigenvalue weighted by molar-refractivity contribution is -0.274. The monoisotopic (exact) mass is 284 g/mol. The normalized spacial score (nSPS) is 18.3. The largest absolute Gasteiger partial charge is 0.350 e. The van der Waals surface area contributed by atoms with Crippen LogP contribution in [0.15, 0.2) is 0 Å². The van der Waals surface area contributed by atoms with Crippen molar-refractivity contribution in [3.05, 3.63) is 0 Å². The zero-order chi connectivity index (χ0) is 14.5. The Bertz CT molecular complexity index is 209. The fourth-order valence-corrected chi connectivity index (χ4v) is 3.03. The maximum atomic E-state index is 6.05. The molecule has 0 bridgehead atoms. The van der Waals surface area contributed by atoms with Crippen molar-refractivity contribution in [1.29, 1.82) is 0 Å². The molecule has 0 N–H and O–H groups in total. The van der Waals surface area contributed by atoms with Crippen LogP contribution >= 0.6 is 0 Å². The van der Waals surface area contributed by atoms with Gasteiger partial charge in [-0.05, 0) is 19.3 Å². The van der Waals surface area contributed by atoms with Crippen LogP contribution in [0.4, 0.5) is 0 Å². The zero-order valence-electron chi connectivity index (χ0n) is 13.9. The molecule has 1 rings (SSSR count). The molecule has 0 aromatic heterocycles. The molecule has 1 aliphatic heterocycles. The first kappa shape index (κ1) is 18.0. The van der Waals surface area contributed by atoms with Gasteiger partial charge >= 0.3 is 0 Å². The van der Waals surface area contributed by atoms with Crippen LogP contribution in [0.5, 0.6) is 0 Å². The molecule has 2 nitrogen and oxygen atoms in total. The molecule has 0 aliphatic carbocycles. The highest BCUT2D eigenvalue weighted by Crippen LogP contribution is 2.31. The molecule has 20 heavy (non-hydrogen) atoms. The Kier molecular flexibility index (Phi) is 10.4. The lowest BCUT2D eigenvalue weighted by Crippen LogP contribution is -2.40. The van der Waals surface area contributed by atoms with Gasteiger partial charge in [0.25, 0.3) is 0 Å². The Hall–Kier alpha value is -0.0800. The van der Waals surface area contributed by atoms with E-state index in [4.69, 9.17) is 9.47 Å². The van der Waals surface area contributed by atoms with Crippen molar-refractivity contribution in [2.45, 2.75) is 103 Å². The highest BCUT2D eigenvalue weighted by Gasteiger charge is 2.33. The number of hydrogen-bond acceptors (Lipinski definition) is 2. The van der Waals surface area contributed by atoms with Gasteiger partial charge < -0.3 is 9.47 Å². The van der Waals surface area contributed by atoms with E-state index in [0.29, 0.717) is 0 Å². The summed E-state index contributed by atoms with van der Waals surface area (Å²) in [5.41, 5.74) is 0. The molecule has 120 valence electrons. The lowest BCUT2D eigenvalue weighted by Gasteiger charge is -2.37. The minimum atomic E-state index is -0.225. The van der Waals surface area contributed by atoms with Crippen molar-refractivity contribution < 1.29 is 9.47 Å². The average Bonchev–Trinajstić information content (AvgIpc) is 2.48. The van der Waals surface area contributed by atoms with Gasteiger partial charge in [0, 0.05) is 12.8 Å². The summed E-state index contributed by atoms with van der Waals surface area (Å²) in [4.78, 5) is 0. The van der Waals surface area contributed by atoms with Crippen LogP contribution in [0.3, 0.4) is 0 Å². The molecule has 0 atom stereocenters. The van der Waals surface area contributed by atoms with Gasteiger partial charge in [-0.3, -0.25) is 0 Å². The molecule has 0 unspecified atom stereocenters. The molecule has 1 fully saturated rings. The summed E-state index contributed by atoms with van der Waals surface area (Å²) in [5.74, 6) is -0.225. The van der Waals surface area contributed by atoms with Crippen molar-refractivity contribution >= 4 is 0 Å². The van der Waals surface area contributed by atoms with Gasteiger partial charge in [-0.1, -0.05) is 65.2 Å². The van der Waals surface area contributed by atoms with Gasteiger partial charge in [-0.25, -0.2) is 0 Å². The van der Waals surface area contributed by atoms with E-state index in [1.807, 2.05) is 0 Å². The number of hydrogen-bond donors (Lipinski definition) is 0. The fraction of sp³-hybridized carbons (Fsp3) is 1.00. The Labute approximate surface area is 126 Å². The topological polar surface area (TPSA) is 18.5 Å². The van der Waals surface area contributed by atoms with Crippen LogP contribution in [0.2, 0.25) is 0 Å². The molecular formula is C18H36O2. The summed E-state index contributed by atoms with van der Waals surface area (Å²) >= 11 is 0. The summed E-state index contributed by atoms with van der Waals surface area (Å²) in [5, 5.41) is 0. The third kappa shape index (κ3) is 7.64. The van der Waals surface area contributed by atoms with E-state index >= 15 is 0 Å². The molecule has 1 heterocycles. The van der Waals surface area contributed by atoms with E-state index in [-0.39, 0.29) is 5.79 Å². The molecule has 0 amide bonds. The van der Waals surface area contributed by atoms with Gasteiger partial charge in [-0.2, -0.15) is 0 Å². The fourth-order valence-electron chi connectivity index (χ4n) is 3.03. The van der Waals surface area contributed by atoms with E-state index in [9.17, 15) is 0 Å². The third-order valence-corrected chi connectivity index (χ3v) is 4.34.